The first-order chi connectivity index (χ1) is 9.85. The van der Waals surface area contributed by atoms with Crippen LogP contribution in [0.25, 0.3) is 0 Å². The van der Waals surface area contributed by atoms with E-state index in [4.69, 9.17) is 0 Å². The van der Waals surface area contributed by atoms with Crippen LogP contribution in [-0.2, 0) is 6.54 Å². The molecule has 0 spiro atoms. The van der Waals surface area contributed by atoms with Crippen molar-refractivity contribution in [1.82, 2.24) is 0 Å². The lowest BCUT2D eigenvalue weighted by molar-refractivity contribution is -0.0328. The Morgan fingerprint density at radius 3 is 2.33 bits per heavy atom. The molecule has 0 aliphatic heterocycles. The van der Waals surface area contributed by atoms with Crippen LogP contribution in [0, 0.1) is 12.7 Å². The Labute approximate surface area is 124 Å². The molecule has 0 fully saturated rings. The molecule has 0 aliphatic rings. The van der Waals surface area contributed by atoms with Crippen LogP contribution < -0.4 is 5.32 Å². The van der Waals surface area contributed by atoms with Gasteiger partial charge >= 0.3 is 5.51 Å². The molecule has 0 aliphatic carbocycles. The largest absolute Gasteiger partial charge is 0.446 e. The standard InChI is InChI=1S/C15H13F4NS/c1-10-13(16)3-2-4-14(10)20-9-11-5-7-12(8-6-11)21-15(17,18)19/h2-8,20H,9H2,1H3. The maximum Gasteiger partial charge on any atom is 0.446 e. The van der Waals surface area contributed by atoms with Gasteiger partial charge in [-0.15, -0.1) is 0 Å². The first-order valence-corrected chi connectivity index (χ1v) is 7.00. The van der Waals surface area contributed by atoms with Crippen molar-refractivity contribution in [3.63, 3.8) is 0 Å². The SMILES string of the molecule is Cc1c(F)cccc1NCc1ccc(SC(F)(F)F)cc1. The minimum atomic E-state index is -4.28. The van der Waals surface area contributed by atoms with Crippen molar-refractivity contribution < 1.29 is 17.6 Å². The summed E-state index contributed by atoms with van der Waals surface area (Å²) >= 11 is -0.142. The predicted octanol–water partition coefficient (Wildman–Crippen LogP) is 5.36. The topological polar surface area (TPSA) is 12.0 Å². The maximum absolute atomic E-state index is 13.4. The molecule has 0 aromatic heterocycles. The van der Waals surface area contributed by atoms with Crippen molar-refractivity contribution in [2.75, 3.05) is 5.32 Å². The molecule has 6 heteroatoms. The quantitative estimate of drug-likeness (QED) is 0.602. The molecule has 0 unspecified atom stereocenters. The van der Waals surface area contributed by atoms with Crippen LogP contribution >= 0.6 is 11.8 Å². The Morgan fingerprint density at radius 2 is 1.71 bits per heavy atom. The molecular formula is C15H13F4NS. The Hall–Kier alpha value is -1.69. The second-order valence-electron chi connectivity index (χ2n) is 4.46. The van der Waals surface area contributed by atoms with E-state index in [0.29, 0.717) is 17.8 Å². The van der Waals surface area contributed by atoms with Crippen LogP contribution in [0.5, 0.6) is 0 Å². The Kier molecular flexibility index (Phi) is 4.77. The summed E-state index contributed by atoms with van der Waals surface area (Å²) in [7, 11) is 0. The summed E-state index contributed by atoms with van der Waals surface area (Å²) in [5, 5.41) is 3.07. The summed E-state index contributed by atoms with van der Waals surface area (Å²) in [4.78, 5) is 0.146. The fourth-order valence-electron chi connectivity index (χ4n) is 1.81. The lowest BCUT2D eigenvalue weighted by atomic mass is 10.1. The van der Waals surface area contributed by atoms with Crippen molar-refractivity contribution in [2.24, 2.45) is 0 Å². The number of anilines is 1. The van der Waals surface area contributed by atoms with Gasteiger partial charge in [0.05, 0.1) is 0 Å². The number of nitrogens with one attached hydrogen (secondary N) is 1. The average molecular weight is 315 g/mol. The van der Waals surface area contributed by atoms with Gasteiger partial charge in [-0.25, -0.2) is 4.39 Å². The number of alkyl halides is 3. The van der Waals surface area contributed by atoms with E-state index in [2.05, 4.69) is 5.32 Å². The van der Waals surface area contributed by atoms with E-state index in [1.165, 1.54) is 18.2 Å². The summed E-state index contributed by atoms with van der Waals surface area (Å²) in [6, 6.07) is 10.8. The zero-order chi connectivity index (χ0) is 15.5. The van der Waals surface area contributed by atoms with E-state index >= 15 is 0 Å². The summed E-state index contributed by atoms with van der Waals surface area (Å²) in [6.07, 6.45) is 0. The third-order valence-corrected chi connectivity index (χ3v) is 3.65. The summed E-state index contributed by atoms with van der Waals surface area (Å²) in [6.45, 7) is 2.09. The van der Waals surface area contributed by atoms with Gasteiger partial charge in [0.2, 0.25) is 0 Å². The third kappa shape index (κ3) is 4.67. The lowest BCUT2D eigenvalue weighted by Gasteiger charge is -2.11. The van der Waals surface area contributed by atoms with Crippen LogP contribution in [0.1, 0.15) is 11.1 Å². The van der Waals surface area contributed by atoms with Gasteiger partial charge in [0.25, 0.3) is 0 Å². The van der Waals surface area contributed by atoms with Crippen LogP contribution in [0.4, 0.5) is 23.2 Å². The maximum atomic E-state index is 13.4. The molecule has 1 N–H and O–H groups in total. The minimum absolute atomic E-state index is 0.142. The molecule has 0 amide bonds. The lowest BCUT2D eigenvalue weighted by Crippen LogP contribution is -2.02. The first-order valence-electron chi connectivity index (χ1n) is 6.19. The molecule has 0 radical (unpaired) electrons. The van der Waals surface area contributed by atoms with Gasteiger partial charge in [-0.2, -0.15) is 13.2 Å². The smallest absolute Gasteiger partial charge is 0.381 e. The van der Waals surface area contributed by atoms with Crippen molar-refractivity contribution in [1.29, 1.82) is 0 Å². The van der Waals surface area contributed by atoms with Crippen molar-refractivity contribution in [3.05, 3.63) is 59.4 Å². The average Bonchev–Trinajstić information content (AvgIpc) is 2.40. The van der Waals surface area contributed by atoms with Crippen molar-refractivity contribution in [3.8, 4) is 0 Å². The van der Waals surface area contributed by atoms with Gasteiger partial charge < -0.3 is 5.32 Å². The zero-order valence-corrected chi connectivity index (χ0v) is 12.0. The van der Waals surface area contributed by atoms with Gasteiger partial charge in [0, 0.05) is 22.7 Å². The van der Waals surface area contributed by atoms with Gasteiger partial charge in [-0.1, -0.05) is 18.2 Å². The number of rotatable bonds is 4. The van der Waals surface area contributed by atoms with Crippen molar-refractivity contribution >= 4 is 17.4 Å². The van der Waals surface area contributed by atoms with Crippen LogP contribution in [-0.4, -0.2) is 5.51 Å². The molecule has 1 nitrogen and oxygen atoms in total. The molecule has 2 aromatic rings. The highest BCUT2D eigenvalue weighted by Gasteiger charge is 2.28. The Bertz CT molecular complexity index is 608. The molecule has 2 rings (SSSR count). The van der Waals surface area contributed by atoms with E-state index in [1.54, 1.807) is 31.2 Å². The molecule has 21 heavy (non-hydrogen) atoms. The summed E-state index contributed by atoms with van der Waals surface area (Å²) in [5.74, 6) is -0.295. The normalized spacial score (nSPS) is 11.5. The fraction of sp³-hybridized carbons (Fsp3) is 0.200. The molecule has 0 heterocycles. The number of hydrogen-bond acceptors (Lipinski definition) is 2. The second-order valence-corrected chi connectivity index (χ2v) is 5.60. The molecule has 0 bridgehead atoms. The molecule has 0 saturated heterocycles. The summed E-state index contributed by atoms with van der Waals surface area (Å²) < 4.78 is 50.0. The number of hydrogen-bond donors (Lipinski definition) is 1. The van der Waals surface area contributed by atoms with E-state index in [-0.39, 0.29) is 22.5 Å². The highest BCUT2D eigenvalue weighted by atomic mass is 32.2. The number of benzene rings is 2. The van der Waals surface area contributed by atoms with Gasteiger partial charge in [0.1, 0.15) is 5.82 Å². The number of thioether (sulfide) groups is 1. The Morgan fingerprint density at radius 1 is 1.05 bits per heavy atom. The molecular weight excluding hydrogens is 302 g/mol. The van der Waals surface area contributed by atoms with Gasteiger partial charge in [-0.3, -0.25) is 0 Å². The van der Waals surface area contributed by atoms with Crippen LogP contribution in [0.15, 0.2) is 47.4 Å². The second kappa shape index (κ2) is 6.39. The molecule has 0 atom stereocenters. The van der Waals surface area contributed by atoms with E-state index < -0.39 is 5.51 Å². The highest BCUT2D eigenvalue weighted by molar-refractivity contribution is 8.00. The summed E-state index contributed by atoms with van der Waals surface area (Å²) in [5.41, 5.74) is -2.27. The first kappa shape index (κ1) is 15.7. The molecule has 112 valence electrons. The van der Waals surface area contributed by atoms with Crippen molar-refractivity contribution in [2.45, 2.75) is 23.9 Å². The van der Waals surface area contributed by atoms with E-state index in [1.807, 2.05) is 0 Å². The zero-order valence-electron chi connectivity index (χ0n) is 11.2. The van der Waals surface area contributed by atoms with Gasteiger partial charge in [0.15, 0.2) is 0 Å². The van der Waals surface area contributed by atoms with Crippen LogP contribution in [0.3, 0.4) is 0 Å². The highest BCUT2D eigenvalue weighted by Crippen LogP contribution is 2.36. The van der Waals surface area contributed by atoms with Crippen LogP contribution in [0.2, 0.25) is 0 Å². The van der Waals surface area contributed by atoms with Gasteiger partial charge in [-0.05, 0) is 48.5 Å². The monoisotopic (exact) mass is 315 g/mol. The third-order valence-electron chi connectivity index (χ3n) is 2.91. The molecule has 2 aromatic carbocycles. The molecule has 0 saturated carbocycles. The van der Waals surface area contributed by atoms with E-state index in [9.17, 15) is 17.6 Å². The predicted molar refractivity (Wildman–Crippen MR) is 76.8 cm³/mol. The van der Waals surface area contributed by atoms with E-state index in [0.717, 1.165) is 5.56 Å². The minimum Gasteiger partial charge on any atom is -0.381 e. The fourth-order valence-corrected chi connectivity index (χ4v) is 2.34. The Balaban J connectivity index is 1.99. The number of halogens is 4.